The molecule has 0 aliphatic carbocycles. The van der Waals surface area contributed by atoms with Gasteiger partial charge in [-0.25, -0.2) is 4.98 Å². The molecule has 0 bridgehead atoms. The van der Waals surface area contributed by atoms with Crippen LogP contribution in [0.4, 0.5) is 5.69 Å². The predicted molar refractivity (Wildman–Crippen MR) is 66.8 cm³/mol. The molecule has 1 aromatic heterocycles. The first-order valence-corrected chi connectivity index (χ1v) is 5.52. The van der Waals surface area contributed by atoms with E-state index in [1.807, 2.05) is 6.07 Å². The van der Waals surface area contributed by atoms with Gasteiger partial charge in [-0.2, -0.15) is 5.26 Å². The number of nitrogens with zero attached hydrogens (tertiary/aromatic N) is 2. The molecule has 0 aliphatic heterocycles. The Morgan fingerprint density at radius 3 is 2.89 bits per heavy atom. The summed E-state index contributed by atoms with van der Waals surface area (Å²) in [7, 11) is 0. The second-order valence-corrected chi connectivity index (χ2v) is 4.61. The van der Waals surface area contributed by atoms with Crippen LogP contribution in [0.15, 0.2) is 22.6 Å². The predicted octanol–water partition coefficient (Wildman–Crippen LogP) is 2.62. The van der Waals surface area contributed by atoms with Crippen molar-refractivity contribution >= 4 is 22.7 Å². The van der Waals surface area contributed by atoms with Gasteiger partial charge in [0.15, 0.2) is 11.5 Å². The van der Waals surface area contributed by atoms with Gasteiger partial charge in [0, 0.05) is 18.7 Å². The third-order valence-corrected chi connectivity index (χ3v) is 2.60. The zero-order valence-electron chi connectivity index (χ0n) is 10.4. The summed E-state index contributed by atoms with van der Waals surface area (Å²) in [6.45, 7) is 4.90. The van der Waals surface area contributed by atoms with E-state index in [2.05, 4.69) is 10.3 Å². The van der Waals surface area contributed by atoms with Gasteiger partial charge in [0.1, 0.15) is 10.9 Å². The largest absolute Gasteiger partial charge is 0.441 e. The number of nitrogens with one attached hydrogen (secondary N) is 1. The maximum absolute atomic E-state index is 11.8. The Kier molecular flexibility index (Phi) is 2.79. The topological polar surface area (TPSA) is 78.9 Å². The minimum Gasteiger partial charge on any atom is -0.441 e. The lowest BCUT2D eigenvalue weighted by molar-refractivity contribution is -0.121. The van der Waals surface area contributed by atoms with Crippen molar-refractivity contribution in [2.75, 3.05) is 5.32 Å². The van der Waals surface area contributed by atoms with E-state index in [1.165, 1.54) is 0 Å². The molecular weight excluding hydrogens is 230 g/mol. The zero-order valence-corrected chi connectivity index (χ0v) is 10.4. The number of amides is 1. The summed E-state index contributed by atoms with van der Waals surface area (Å²) in [6, 6.07) is 7.15. The van der Waals surface area contributed by atoms with Crippen molar-refractivity contribution in [2.24, 2.45) is 5.41 Å². The van der Waals surface area contributed by atoms with Crippen molar-refractivity contribution in [1.29, 1.82) is 5.26 Å². The van der Waals surface area contributed by atoms with Crippen LogP contribution >= 0.6 is 0 Å². The molecular formula is C13H13N3O2. The van der Waals surface area contributed by atoms with Crippen LogP contribution in [0.3, 0.4) is 0 Å². The highest BCUT2D eigenvalue weighted by atomic mass is 16.3. The van der Waals surface area contributed by atoms with Crippen LogP contribution < -0.4 is 5.32 Å². The summed E-state index contributed by atoms with van der Waals surface area (Å²) in [6.07, 6.45) is 0. The van der Waals surface area contributed by atoms with E-state index in [-0.39, 0.29) is 5.91 Å². The molecule has 0 aliphatic rings. The van der Waals surface area contributed by atoms with E-state index in [0.29, 0.717) is 17.2 Å². The average molecular weight is 243 g/mol. The van der Waals surface area contributed by atoms with Crippen LogP contribution in [-0.4, -0.2) is 10.9 Å². The zero-order chi connectivity index (χ0) is 13.3. The van der Waals surface area contributed by atoms with Gasteiger partial charge in [-0.1, -0.05) is 0 Å². The summed E-state index contributed by atoms with van der Waals surface area (Å²) in [5, 5.41) is 11.6. The molecule has 18 heavy (non-hydrogen) atoms. The highest BCUT2D eigenvalue weighted by Gasteiger charge is 2.27. The molecule has 1 N–H and O–H groups in total. The standard InChI is InChI=1S/C13H13N3O2/c1-8-15-10-5-4-9(6-11(10)18-8)16-12(17)13(2,3)7-14/h4-6H,1-3H3,(H,16,17). The number of aromatic nitrogens is 1. The molecule has 2 rings (SSSR count). The van der Waals surface area contributed by atoms with Gasteiger partial charge in [0.05, 0.1) is 6.07 Å². The number of fused-ring (bicyclic) bond motifs is 1. The van der Waals surface area contributed by atoms with Gasteiger partial charge in [0.25, 0.3) is 0 Å². The lowest BCUT2D eigenvalue weighted by Gasteiger charge is -2.14. The molecule has 0 saturated heterocycles. The Morgan fingerprint density at radius 2 is 2.22 bits per heavy atom. The first-order valence-electron chi connectivity index (χ1n) is 5.52. The lowest BCUT2D eigenvalue weighted by Crippen LogP contribution is -2.29. The Bertz CT molecular complexity index is 650. The van der Waals surface area contributed by atoms with E-state index < -0.39 is 5.41 Å². The first-order chi connectivity index (χ1) is 8.42. The molecule has 92 valence electrons. The van der Waals surface area contributed by atoms with Crippen LogP contribution in [-0.2, 0) is 4.79 Å². The fourth-order valence-corrected chi connectivity index (χ4v) is 1.46. The maximum atomic E-state index is 11.8. The fourth-order valence-electron chi connectivity index (χ4n) is 1.46. The van der Waals surface area contributed by atoms with Gasteiger partial charge < -0.3 is 9.73 Å². The Labute approximate surface area is 104 Å². The fraction of sp³-hybridized carbons (Fsp3) is 0.308. The van der Waals surface area contributed by atoms with Crippen LogP contribution in [0.25, 0.3) is 11.1 Å². The van der Waals surface area contributed by atoms with Crippen molar-refractivity contribution in [3.63, 3.8) is 0 Å². The summed E-state index contributed by atoms with van der Waals surface area (Å²) >= 11 is 0. The Balaban J connectivity index is 2.28. The third-order valence-electron chi connectivity index (χ3n) is 2.60. The number of oxazole rings is 1. The maximum Gasteiger partial charge on any atom is 0.244 e. The van der Waals surface area contributed by atoms with Crippen LogP contribution in [0.5, 0.6) is 0 Å². The summed E-state index contributed by atoms with van der Waals surface area (Å²) in [5.74, 6) is 0.228. The van der Waals surface area contributed by atoms with Crippen molar-refractivity contribution < 1.29 is 9.21 Å². The second kappa shape index (κ2) is 4.15. The summed E-state index contributed by atoms with van der Waals surface area (Å²) in [4.78, 5) is 16.0. The number of nitriles is 1. The molecule has 1 heterocycles. The summed E-state index contributed by atoms with van der Waals surface area (Å²) < 4.78 is 5.37. The van der Waals surface area contributed by atoms with E-state index in [9.17, 15) is 4.79 Å². The SMILES string of the molecule is Cc1nc2ccc(NC(=O)C(C)(C)C#N)cc2o1. The number of carbonyl (C=O) groups is 1. The van der Waals surface area contributed by atoms with Crippen molar-refractivity contribution in [2.45, 2.75) is 20.8 Å². The van der Waals surface area contributed by atoms with E-state index in [4.69, 9.17) is 9.68 Å². The number of aryl methyl sites for hydroxylation is 1. The van der Waals surface area contributed by atoms with E-state index >= 15 is 0 Å². The third kappa shape index (κ3) is 2.18. The Hall–Kier alpha value is -2.35. The molecule has 0 unspecified atom stereocenters. The quantitative estimate of drug-likeness (QED) is 0.879. The van der Waals surface area contributed by atoms with Crippen molar-refractivity contribution in [3.8, 4) is 6.07 Å². The van der Waals surface area contributed by atoms with Crippen LogP contribution in [0.1, 0.15) is 19.7 Å². The molecule has 0 spiro atoms. The minimum atomic E-state index is -1.06. The monoisotopic (exact) mass is 243 g/mol. The lowest BCUT2D eigenvalue weighted by atomic mass is 9.94. The van der Waals surface area contributed by atoms with Gasteiger partial charge in [-0.15, -0.1) is 0 Å². The molecule has 0 fully saturated rings. The molecule has 0 radical (unpaired) electrons. The number of rotatable bonds is 2. The first kappa shape index (κ1) is 12.1. The van der Waals surface area contributed by atoms with Gasteiger partial charge in [-0.3, -0.25) is 4.79 Å². The number of hydrogen-bond acceptors (Lipinski definition) is 4. The molecule has 5 heteroatoms. The molecule has 1 amide bonds. The Morgan fingerprint density at radius 1 is 1.50 bits per heavy atom. The van der Waals surface area contributed by atoms with Crippen LogP contribution in [0.2, 0.25) is 0 Å². The molecule has 2 aromatic rings. The van der Waals surface area contributed by atoms with Gasteiger partial charge in [0.2, 0.25) is 5.91 Å². The highest BCUT2D eigenvalue weighted by Crippen LogP contribution is 2.22. The van der Waals surface area contributed by atoms with E-state index in [1.54, 1.807) is 39.0 Å². The summed E-state index contributed by atoms with van der Waals surface area (Å²) in [5.41, 5.74) is 0.879. The number of carbonyl (C=O) groups excluding carboxylic acids is 1. The number of benzene rings is 1. The molecule has 0 saturated carbocycles. The highest BCUT2D eigenvalue weighted by molar-refractivity contribution is 5.97. The number of anilines is 1. The molecule has 1 aromatic carbocycles. The van der Waals surface area contributed by atoms with Gasteiger partial charge in [-0.05, 0) is 26.0 Å². The number of hydrogen-bond donors (Lipinski definition) is 1. The molecule has 5 nitrogen and oxygen atoms in total. The minimum absolute atomic E-state index is 0.347. The average Bonchev–Trinajstić information content (AvgIpc) is 2.68. The van der Waals surface area contributed by atoms with Crippen molar-refractivity contribution in [3.05, 3.63) is 24.1 Å². The van der Waals surface area contributed by atoms with Crippen LogP contribution in [0, 0.1) is 23.7 Å². The normalized spacial score (nSPS) is 11.2. The second-order valence-electron chi connectivity index (χ2n) is 4.61. The van der Waals surface area contributed by atoms with Gasteiger partial charge >= 0.3 is 0 Å². The van der Waals surface area contributed by atoms with Crippen molar-refractivity contribution in [1.82, 2.24) is 4.98 Å². The molecule has 0 atom stereocenters. The smallest absolute Gasteiger partial charge is 0.244 e. The van der Waals surface area contributed by atoms with E-state index in [0.717, 1.165) is 5.52 Å².